The molecule has 8 nitrogen and oxygen atoms in total. The summed E-state index contributed by atoms with van der Waals surface area (Å²) in [6.07, 6.45) is 1.94. The highest BCUT2D eigenvalue weighted by molar-refractivity contribution is 7.94. The molecule has 0 saturated heterocycles. The maximum absolute atomic E-state index is 13.7. The van der Waals surface area contributed by atoms with Crippen LogP contribution in [0.4, 0.5) is 5.69 Å². The highest BCUT2D eigenvalue weighted by atomic mass is 32.2. The van der Waals surface area contributed by atoms with Crippen LogP contribution >= 0.6 is 0 Å². The van der Waals surface area contributed by atoms with Crippen molar-refractivity contribution < 1.29 is 26.4 Å². The van der Waals surface area contributed by atoms with E-state index in [4.69, 9.17) is 10.5 Å². The lowest BCUT2D eigenvalue weighted by Gasteiger charge is -2.11. The molecule has 0 amide bonds. The molecule has 0 aliphatic carbocycles. The van der Waals surface area contributed by atoms with Crippen LogP contribution in [0.2, 0.25) is 0 Å². The van der Waals surface area contributed by atoms with E-state index in [1.54, 1.807) is 32.0 Å². The van der Waals surface area contributed by atoms with Crippen LogP contribution < -0.4 is 10.5 Å². The van der Waals surface area contributed by atoms with Gasteiger partial charge >= 0.3 is 0 Å². The Morgan fingerprint density at radius 1 is 0.941 bits per heavy atom. The second-order valence-corrected chi connectivity index (χ2v) is 12.4. The fraction of sp³-hybridized carbons (Fsp3) is 0.375. The number of nitrogens with two attached hydrogens (primary N) is 1. The number of nitrogens with zero attached hydrogens (tertiary/aromatic N) is 1. The Balaban J connectivity index is 2.40. The standard InChI is InChI=1S/C24H30N2O6S2/c1-5-14-33(28,29)23-20-19(25)8-7-13-26(20)21(24(23)34(30,31)15-6-2)22(27)17-9-11-18(12-10-17)32-16(3)4/h7-13,16H,5-6,14-15,25H2,1-4H3. The average Bonchev–Trinajstić information content (AvgIpc) is 3.12. The summed E-state index contributed by atoms with van der Waals surface area (Å²) < 4.78 is 60.4. The quantitative estimate of drug-likeness (QED) is 0.413. The van der Waals surface area contributed by atoms with Gasteiger partial charge in [-0.25, -0.2) is 16.8 Å². The SMILES string of the molecule is CCCS(=O)(=O)c1c(S(=O)(=O)CCC)c2c(N)cccn2c1C(=O)c1ccc(OC(C)C)cc1. The Hall–Kier alpha value is -2.85. The van der Waals surface area contributed by atoms with Crippen molar-refractivity contribution in [3.05, 3.63) is 53.9 Å². The molecule has 184 valence electrons. The Bertz CT molecular complexity index is 1420. The Labute approximate surface area is 200 Å². The van der Waals surface area contributed by atoms with Gasteiger partial charge in [-0.3, -0.25) is 4.79 Å². The second-order valence-electron chi connectivity index (χ2n) is 8.35. The molecule has 2 heterocycles. The van der Waals surface area contributed by atoms with Crippen LogP contribution in [0.3, 0.4) is 0 Å². The van der Waals surface area contributed by atoms with Crippen molar-refractivity contribution >= 4 is 36.7 Å². The molecule has 0 atom stereocenters. The maximum Gasteiger partial charge on any atom is 0.211 e. The predicted molar refractivity (Wildman–Crippen MR) is 132 cm³/mol. The molecule has 10 heteroatoms. The van der Waals surface area contributed by atoms with Gasteiger partial charge in [0.15, 0.2) is 19.7 Å². The topological polar surface area (TPSA) is 125 Å². The number of sulfone groups is 2. The van der Waals surface area contributed by atoms with E-state index in [1.807, 2.05) is 13.8 Å². The van der Waals surface area contributed by atoms with E-state index in [9.17, 15) is 21.6 Å². The summed E-state index contributed by atoms with van der Waals surface area (Å²) in [5, 5.41) is 0. The summed E-state index contributed by atoms with van der Waals surface area (Å²) in [6, 6.07) is 9.33. The number of aromatic nitrogens is 1. The minimum Gasteiger partial charge on any atom is -0.491 e. The number of carbonyl (C=O) groups is 1. The molecule has 0 aliphatic rings. The number of ketones is 1. The Morgan fingerprint density at radius 3 is 2.03 bits per heavy atom. The summed E-state index contributed by atoms with van der Waals surface area (Å²) in [5.41, 5.74) is 6.19. The number of fused-ring (bicyclic) bond motifs is 1. The number of nitrogen functional groups attached to an aromatic ring is 1. The third-order valence-corrected chi connectivity index (χ3v) is 9.23. The molecule has 0 fully saturated rings. The van der Waals surface area contributed by atoms with Crippen molar-refractivity contribution in [1.82, 2.24) is 4.40 Å². The van der Waals surface area contributed by atoms with Gasteiger partial charge < -0.3 is 14.9 Å². The molecule has 0 unspecified atom stereocenters. The van der Waals surface area contributed by atoms with Crippen molar-refractivity contribution in [2.75, 3.05) is 17.2 Å². The zero-order valence-corrected chi connectivity index (χ0v) is 21.4. The molecule has 0 saturated carbocycles. The fourth-order valence-corrected chi connectivity index (χ4v) is 7.90. The molecule has 3 aromatic rings. The first kappa shape index (κ1) is 25.8. The molecular weight excluding hydrogens is 476 g/mol. The Morgan fingerprint density at radius 2 is 1.50 bits per heavy atom. The summed E-state index contributed by atoms with van der Waals surface area (Å²) in [6.45, 7) is 7.11. The van der Waals surface area contributed by atoms with Crippen molar-refractivity contribution in [2.45, 2.75) is 56.4 Å². The van der Waals surface area contributed by atoms with E-state index in [0.717, 1.165) is 0 Å². The zero-order chi connectivity index (χ0) is 25.3. The molecule has 0 aliphatic heterocycles. The Kier molecular flexibility index (Phi) is 7.42. The highest BCUT2D eigenvalue weighted by Crippen LogP contribution is 2.38. The van der Waals surface area contributed by atoms with Crippen LogP contribution in [0.25, 0.3) is 5.52 Å². The van der Waals surface area contributed by atoms with Crippen molar-refractivity contribution in [3.8, 4) is 5.75 Å². The van der Waals surface area contributed by atoms with Gasteiger partial charge in [-0.15, -0.1) is 0 Å². The van der Waals surface area contributed by atoms with Crippen LogP contribution in [-0.2, 0) is 19.7 Å². The third-order valence-electron chi connectivity index (χ3n) is 5.17. The van der Waals surface area contributed by atoms with E-state index in [0.29, 0.717) is 5.75 Å². The number of carbonyl (C=O) groups excluding carboxylic acids is 1. The minimum absolute atomic E-state index is 0.00809. The van der Waals surface area contributed by atoms with Crippen LogP contribution in [0, 0.1) is 0 Å². The molecule has 2 aromatic heterocycles. The molecule has 1 aromatic carbocycles. The zero-order valence-electron chi connectivity index (χ0n) is 19.7. The highest BCUT2D eigenvalue weighted by Gasteiger charge is 2.37. The summed E-state index contributed by atoms with van der Waals surface area (Å²) in [4.78, 5) is 12.8. The molecule has 2 N–H and O–H groups in total. The molecule has 0 bridgehead atoms. The first-order valence-electron chi connectivity index (χ1n) is 11.1. The summed E-state index contributed by atoms with van der Waals surface area (Å²) in [5.74, 6) is -0.644. The monoisotopic (exact) mass is 506 g/mol. The smallest absolute Gasteiger partial charge is 0.211 e. The van der Waals surface area contributed by atoms with Gasteiger partial charge in [-0.1, -0.05) is 13.8 Å². The number of anilines is 1. The van der Waals surface area contributed by atoms with E-state index in [1.165, 1.54) is 28.8 Å². The van der Waals surface area contributed by atoms with Gasteiger partial charge in [0.1, 0.15) is 21.2 Å². The van der Waals surface area contributed by atoms with Crippen LogP contribution in [0.1, 0.15) is 56.6 Å². The largest absolute Gasteiger partial charge is 0.491 e. The van der Waals surface area contributed by atoms with Gasteiger partial charge in [0.05, 0.1) is 28.8 Å². The molecule has 34 heavy (non-hydrogen) atoms. The minimum atomic E-state index is -4.13. The van der Waals surface area contributed by atoms with Gasteiger partial charge in [0.25, 0.3) is 0 Å². The second kappa shape index (κ2) is 9.79. The number of hydrogen-bond acceptors (Lipinski definition) is 7. The lowest BCUT2D eigenvalue weighted by Crippen LogP contribution is -2.17. The number of hydrogen-bond donors (Lipinski definition) is 1. The van der Waals surface area contributed by atoms with Crippen LogP contribution in [0.15, 0.2) is 52.4 Å². The first-order chi connectivity index (χ1) is 15.9. The van der Waals surface area contributed by atoms with Crippen LogP contribution in [0.5, 0.6) is 5.75 Å². The van der Waals surface area contributed by atoms with E-state index >= 15 is 0 Å². The molecule has 3 rings (SSSR count). The van der Waals surface area contributed by atoms with Crippen molar-refractivity contribution in [1.29, 1.82) is 0 Å². The normalized spacial score (nSPS) is 12.4. The molecular formula is C24H30N2O6S2. The predicted octanol–water partition coefficient (Wildman–Crippen LogP) is 3.91. The summed E-state index contributed by atoms with van der Waals surface area (Å²) in [7, 11) is -8.19. The fourth-order valence-electron chi connectivity index (χ4n) is 3.90. The van der Waals surface area contributed by atoms with E-state index in [-0.39, 0.29) is 52.9 Å². The van der Waals surface area contributed by atoms with Gasteiger partial charge in [-0.05, 0) is 63.1 Å². The van der Waals surface area contributed by atoms with Crippen molar-refractivity contribution in [2.24, 2.45) is 0 Å². The van der Waals surface area contributed by atoms with E-state index in [2.05, 4.69) is 0 Å². The average molecular weight is 507 g/mol. The number of pyridine rings is 1. The number of benzene rings is 1. The van der Waals surface area contributed by atoms with Crippen LogP contribution in [-0.4, -0.2) is 44.6 Å². The first-order valence-corrected chi connectivity index (χ1v) is 14.4. The summed E-state index contributed by atoms with van der Waals surface area (Å²) >= 11 is 0. The van der Waals surface area contributed by atoms with Gasteiger partial charge in [-0.2, -0.15) is 0 Å². The molecule has 0 spiro atoms. The van der Waals surface area contributed by atoms with E-state index < -0.39 is 35.2 Å². The lowest BCUT2D eigenvalue weighted by atomic mass is 10.1. The van der Waals surface area contributed by atoms with Gasteiger partial charge in [0.2, 0.25) is 5.78 Å². The lowest BCUT2D eigenvalue weighted by molar-refractivity contribution is 0.103. The number of ether oxygens (including phenoxy) is 1. The molecule has 0 radical (unpaired) electrons. The third kappa shape index (κ3) is 4.83. The maximum atomic E-state index is 13.7. The van der Waals surface area contributed by atoms with Crippen molar-refractivity contribution in [3.63, 3.8) is 0 Å². The van der Waals surface area contributed by atoms with Gasteiger partial charge in [0, 0.05) is 11.8 Å². The number of rotatable bonds is 10.